The highest BCUT2D eigenvalue weighted by Crippen LogP contribution is 2.36. The molecule has 0 radical (unpaired) electrons. The predicted octanol–water partition coefficient (Wildman–Crippen LogP) is 2.93. The Morgan fingerprint density at radius 2 is 2.26 bits per heavy atom. The maximum absolute atomic E-state index is 6.10. The van der Waals surface area contributed by atoms with Gasteiger partial charge < -0.3 is 14.2 Å². The van der Waals surface area contributed by atoms with Gasteiger partial charge in [-0.05, 0) is 19.3 Å². The maximum atomic E-state index is 6.10. The van der Waals surface area contributed by atoms with E-state index < -0.39 is 5.60 Å². The van der Waals surface area contributed by atoms with Crippen LogP contribution in [0.15, 0.2) is 12.1 Å². The molecule has 1 aromatic rings. The van der Waals surface area contributed by atoms with E-state index >= 15 is 0 Å². The van der Waals surface area contributed by atoms with Crippen LogP contribution in [-0.2, 0) is 15.1 Å². The number of methoxy groups -OCH3 is 1. The minimum Gasteiger partial charge on any atom is -0.490 e. The number of hydrogen-bond donors (Lipinski definition) is 0. The van der Waals surface area contributed by atoms with Crippen molar-refractivity contribution in [3.63, 3.8) is 0 Å². The molecule has 4 nitrogen and oxygen atoms in total. The van der Waals surface area contributed by atoms with Crippen LogP contribution in [0, 0.1) is 0 Å². The summed E-state index contributed by atoms with van der Waals surface area (Å²) in [5.74, 6) is 0.781. The van der Waals surface area contributed by atoms with E-state index in [1.54, 1.807) is 13.2 Å². The fourth-order valence-corrected chi connectivity index (χ4v) is 2.67. The van der Waals surface area contributed by atoms with Crippen LogP contribution in [0.5, 0.6) is 5.75 Å². The van der Waals surface area contributed by atoms with Crippen LogP contribution < -0.4 is 4.74 Å². The first-order chi connectivity index (χ1) is 9.22. The summed E-state index contributed by atoms with van der Waals surface area (Å²) in [5, 5.41) is 0.440. The van der Waals surface area contributed by atoms with Crippen LogP contribution >= 0.6 is 11.6 Å². The SMILES string of the molecule is COC1(c2cc(OC3CCC3)cc(Cl)n2)CCOC1. The van der Waals surface area contributed by atoms with E-state index in [1.807, 2.05) is 6.07 Å². The van der Waals surface area contributed by atoms with Crippen molar-refractivity contribution in [3.8, 4) is 5.75 Å². The second-order valence-corrected chi connectivity index (χ2v) is 5.57. The zero-order chi connectivity index (χ0) is 13.3. The maximum Gasteiger partial charge on any atom is 0.135 e. The van der Waals surface area contributed by atoms with Gasteiger partial charge in [0.1, 0.15) is 16.5 Å². The monoisotopic (exact) mass is 283 g/mol. The second-order valence-electron chi connectivity index (χ2n) is 5.18. The summed E-state index contributed by atoms with van der Waals surface area (Å²) in [5.41, 5.74) is 0.317. The number of ether oxygens (including phenoxy) is 3. The lowest BCUT2D eigenvalue weighted by molar-refractivity contribution is -0.0249. The minimum atomic E-state index is -0.484. The van der Waals surface area contributed by atoms with Gasteiger partial charge in [-0.15, -0.1) is 0 Å². The summed E-state index contributed by atoms with van der Waals surface area (Å²) >= 11 is 6.10. The van der Waals surface area contributed by atoms with Gasteiger partial charge >= 0.3 is 0 Å². The number of rotatable bonds is 4. The molecule has 0 bridgehead atoms. The van der Waals surface area contributed by atoms with Crippen molar-refractivity contribution in [2.24, 2.45) is 0 Å². The molecule has 2 aliphatic rings. The number of aromatic nitrogens is 1. The summed E-state index contributed by atoms with van der Waals surface area (Å²) in [7, 11) is 1.68. The standard InChI is InChI=1S/C14H18ClNO3/c1-17-14(5-6-18-9-14)12-7-11(8-13(15)16-12)19-10-3-2-4-10/h7-8,10H,2-6,9H2,1H3. The topological polar surface area (TPSA) is 40.6 Å². The van der Waals surface area contributed by atoms with Gasteiger partial charge in [0.25, 0.3) is 0 Å². The molecular weight excluding hydrogens is 266 g/mol. The van der Waals surface area contributed by atoms with Crippen molar-refractivity contribution in [1.29, 1.82) is 0 Å². The quantitative estimate of drug-likeness (QED) is 0.797. The molecule has 0 N–H and O–H groups in total. The van der Waals surface area contributed by atoms with Gasteiger partial charge in [-0.3, -0.25) is 0 Å². The van der Waals surface area contributed by atoms with Gasteiger partial charge in [-0.1, -0.05) is 11.6 Å². The van der Waals surface area contributed by atoms with Gasteiger partial charge in [0.2, 0.25) is 0 Å². The van der Waals surface area contributed by atoms with Crippen molar-refractivity contribution >= 4 is 11.6 Å². The normalized spacial score (nSPS) is 27.3. The molecular formula is C14H18ClNO3. The molecule has 1 aliphatic heterocycles. The Labute approximate surface area is 118 Å². The molecule has 3 rings (SSSR count). The molecule has 2 fully saturated rings. The van der Waals surface area contributed by atoms with E-state index in [-0.39, 0.29) is 0 Å². The summed E-state index contributed by atoms with van der Waals surface area (Å²) < 4.78 is 17.0. The van der Waals surface area contributed by atoms with Crippen molar-refractivity contribution in [2.45, 2.75) is 37.4 Å². The van der Waals surface area contributed by atoms with E-state index in [9.17, 15) is 0 Å². The second kappa shape index (κ2) is 5.27. The molecule has 104 valence electrons. The Balaban J connectivity index is 1.87. The lowest BCUT2D eigenvalue weighted by Gasteiger charge is -2.28. The molecule has 0 amide bonds. The third-order valence-electron chi connectivity index (χ3n) is 3.97. The smallest absolute Gasteiger partial charge is 0.135 e. The highest BCUT2D eigenvalue weighted by atomic mass is 35.5. The molecule has 1 saturated carbocycles. The molecule has 0 spiro atoms. The van der Waals surface area contributed by atoms with Gasteiger partial charge in [0.05, 0.1) is 18.4 Å². The summed E-state index contributed by atoms with van der Waals surface area (Å²) in [6.45, 7) is 1.19. The van der Waals surface area contributed by atoms with Crippen LogP contribution in [0.3, 0.4) is 0 Å². The lowest BCUT2D eigenvalue weighted by Crippen LogP contribution is -2.30. The van der Waals surface area contributed by atoms with E-state index in [1.165, 1.54) is 6.42 Å². The van der Waals surface area contributed by atoms with Gasteiger partial charge in [0.15, 0.2) is 0 Å². The van der Waals surface area contributed by atoms with Crippen LogP contribution in [-0.4, -0.2) is 31.4 Å². The molecule has 1 atom stereocenters. The van der Waals surface area contributed by atoms with Crippen LogP contribution in [0.4, 0.5) is 0 Å². The van der Waals surface area contributed by atoms with Crippen LogP contribution in [0.2, 0.25) is 5.15 Å². The number of pyridine rings is 1. The van der Waals surface area contributed by atoms with E-state index in [2.05, 4.69) is 4.98 Å². The third kappa shape index (κ3) is 2.57. The van der Waals surface area contributed by atoms with Crippen molar-refractivity contribution in [1.82, 2.24) is 4.98 Å². The van der Waals surface area contributed by atoms with Crippen LogP contribution in [0.1, 0.15) is 31.4 Å². The fraction of sp³-hybridized carbons (Fsp3) is 0.643. The van der Waals surface area contributed by atoms with Crippen molar-refractivity contribution in [2.75, 3.05) is 20.3 Å². The average molecular weight is 284 g/mol. The zero-order valence-electron chi connectivity index (χ0n) is 11.0. The van der Waals surface area contributed by atoms with E-state index in [4.69, 9.17) is 25.8 Å². The first-order valence-corrected chi connectivity index (χ1v) is 7.07. The molecule has 1 unspecified atom stereocenters. The Hall–Kier alpha value is -0.840. The molecule has 1 aromatic heterocycles. The summed E-state index contributed by atoms with van der Waals surface area (Å²) in [6.07, 6.45) is 4.60. The highest BCUT2D eigenvalue weighted by Gasteiger charge is 2.39. The number of halogens is 1. The first kappa shape index (κ1) is 13.2. The first-order valence-electron chi connectivity index (χ1n) is 6.69. The summed E-state index contributed by atoms with van der Waals surface area (Å²) in [6, 6.07) is 3.70. The van der Waals surface area contributed by atoms with Gasteiger partial charge in [-0.2, -0.15) is 0 Å². The largest absolute Gasteiger partial charge is 0.490 e. The van der Waals surface area contributed by atoms with Crippen molar-refractivity contribution < 1.29 is 14.2 Å². The molecule has 1 aliphatic carbocycles. The molecule has 19 heavy (non-hydrogen) atoms. The van der Waals surface area contributed by atoms with Gasteiger partial charge in [-0.25, -0.2) is 4.98 Å². The van der Waals surface area contributed by atoms with Gasteiger partial charge in [0, 0.05) is 32.3 Å². The number of hydrogen-bond acceptors (Lipinski definition) is 4. The van der Waals surface area contributed by atoms with Crippen molar-refractivity contribution in [3.05, 3.63) is 23.0 Å². The molecule has 1 saturated heterocycles. The predicted molar refractivity (Wildman–Crippen MR) is 71.6 cm³/mol. The van der Waals surface area contributed by atoms with E-state index in [0.717, 1.165) is 30.7 Å². The zero-order valence-corrected chi connectivity index (χ0v) is 11.8. The summed E-state index contributed by atoms with van der Waals surface area (Å²) in [4.78, 5) is 4.39. The molecule has 0 aromatic carbocycles. The average Bonchev–Trinajstić information content (AvgIpc) is 2.83. The van der Waals surface area contributed by atoms with E-state index in [0.29, 0.717) is 24.5 Å². The Morgan fingerprint density at radius 1 is 1.42 bits per heavy atom. The fourth-order valence-electron chi connectivity index (χ4n) is 2.47. The lowest BCUT2D eigenvalue weighted by atomic mass is 9.96. The third-order valence-corrected chi connectivity index (χ3v) is 4.16. The highest BCUT2D eigenvalue weighted by molar-refractivity contribution is 6.29. The Morgan fingerprint density at radius 3 is 2.84 bits per heavy atom. The Kier molecular flexibility index (Phi) is 3.65. The van der Waals surface area contributed by atoms with Crippen LogP contribution in [0.25, 0.3) is 0 Å². The molecule has 5 heteroatoms. The molecule has 2 heterocycles. The Bertz CT molecular complexity index is 456. The number of nitrogens with zero attached hydrogens (tertiary/aromatic N) is 1. The minimum absolute atomic E-state index is 0.324.